The van der Waals surface area contributed by atoms with E-state index in [4.69, 9.17) is 5.11 Å². The summed E-state index contributed by atoms with van der Waals surface area (Å²) in [5.41, 5.74) is 0. The van der Waals surface area contributed by atoms with Gasteiger partial charge in [0.15, 0.2) is 0 Å². The second-order valence-corrected chi connectivity index (χ2v) is 6.91. The molecule has 4 heteroatoms. The van der Waals surface area contributed by atoms with E-state index in [-0.39, 0.29) is 6.16 Å². The SMILES string of the molecule is CCCC[P@@](=O)(CC(=O)O)c1ccccc1. The molecule has 0 aliphatic carbocycles. The van der Waals surface area contributed by atoms with Gasteiger partial charge in [0.2, 0.25) is 0 Å². The van der Waals surface area contributed by atoms with E-state index in [1.54, 1.807) is 24.3 Å². The van der Waals surface area contributed by atoms with E-state index in [1.807, 2.05) is 13.0 Å². The number of rotatable bonds is 6. The van der Waals surface area contributed by atoms with E-state index in [0.717, 1.165) is 12.8 Å². The molecule has 3 nitrogen and oxygen atoms in total. The van der Waals surface area contributed by atoms with Crippen LogP contribution >= 0.6 is 7.14 Å². The van der Waals surface area contributed by atoms with E-state index < -0.39 is 13.1 Å². The zero-order valence-corrected chi connectivity index (χ0v) is 10.3. The van der Waals surface area contributed by atoms with Crippen molar-refractivity contribution in [3.63, 3.8) is 0 Å². The summed E-state index contributed by atoms with van der Waals surface area (Å²) >= 11 is 0. The lowest BCUT2D eigenvalue weighted by atomic mass is 10.4. The number of hydrogen-bond acceptors (Lipinski definition) is 2. The van der Waals surface area contributed by atoms with Gasteiger partial charge in [0.05, 0.1) is 0 Å². The van der Waals surface area contributed by atoms with Crippen LogP contribution in [0.4, 0.5) is 0 Å². The maximum Gasteiger partial charge on any atom is 0.311 e. The largest absolute Gasteiger partial charge is 0.481 e. The summed E-state index contributed by atoms with van der Waals surface area (Å²) in [6.07, 6.45) is 1.98. The van der Waals surface area contributed by atoms with Crippen LogP contribution in [0.2, 0.25) is 0 Å². The molecule has 0 spiro atoms. The highest BCUT2D eigenvalue weighted by Gasteiger charge is 2.26. The van der Waals surface area contributed by atoms with Gasteiger partial charge in [0, 0.05) is 11.5 Å². The molecule has 0 aliphatic rings. The molecule has 1 aromatic rings. The van der Waals surface area contributed by atoms with Crippen molar-refractivity contribution >= 4 is 18.4 Å². The molecule has 1 atom stereocenters. The molecule has 16 heavy (non-hydrogen) atoms. The minimum absolute atomic E-state index is 0.239. The van der Waals surface area contributed by atoms with Crippen molar-refractivity contribution in [2.45, 2.75) is 19.8 Å². The van der Waals surface area contributed by atoms with E-state index in [9.17, 15) is 9.36 Å². The number of carboxylic acid groups (broad SMARTS) is 1. The number of unbranched alkanes of at least 4 members (excludes halogenated alkanes) is 1. The van der Waals surface area contributed by atoms with Crippen LogP contribution in [0.5, 0.6) is 0 Å². The Morgan fingerprint density at radius 2 is 1.94 bits per heavy atom. The van der Waals surface area contributed by atoms with Crippen molar-refractivity contribution in [3.05, 3.63) is 30.3 Å². The van der Waals surface area contributed by atoms with E-state index >= 15 is 0 Å². The number of hydrogen-bond donors (Lipinski definition) is 1. The van der Waals surface area contributed by atoms with Gasteiger partial charge in [-0.1, -0.05) is 43.7 Å². The molecule has 88 valence electrons. The lowest BCUT2D eigenvalue weighted by molar-refractivity contribution is -0.134. The molecule has 0 amide bonds. The molecular formula is C12H17O3P. The molecule has 0 fully saturated rings. The van der Waals surface area contributed by atoms with Gasteiger partial charge in [-0.05, 0) is 6.42 Å². The number of carbonyl (C=O) groups is 1. The predicted octanol–water partition coefficient (Wildman–Crippen LogP) is 2.56. The smallest absolute Gasteiger partial charge is 0.311 e. The van der Waals surface area contributed by atoms with Gasteiger partial charge in [0.25, 0.3) is 0 Å². The van der Waals surface area contributed by atoms with Gasteiger partial charge in [-0.25, -0.2) is 0 Å². The first-order valence-corrected chi connectivity index (χ1v) is 7.51. The Bertz CT molecular complexity index is 387. The monoisotopic (exact) mass is 240 g/mol. The summed E-state index contributed by atoms with van der Waals surface area (Å²) in [4.78, 5) is 10.8. The van der Waals surface area contributed by atoms with Crippen molar-refractivity contribution in [1.29, 1.82) is 0 Å². The number of carboxylic acids is 1. The average Bonchev–Trinajstić information content (AvgIpc) is 2.27. The second-order valence-electron chi connectivity index (χ2n) is 3.85. The summed E-state index contributed by atoms with van der Waals surface area (Å²) in [5, 5.41) is 9.52. The van der Waals surface area contributed by atoms with E-state index in [1.165, 1.54) is 0 Å². The maximum absolute atomic E-state index is 12.6. The van der Waals surface area contributed by atoms with Crippen LogP contribution in [0, 0.1) is 0 Å². The summed E-state index contributed by atoms with van der Waals surface area (Å²) in [5.74, 6) is -0.983. The Balaban J connectivity index is 2.95. The third-order valence-electron chi connectivity index (χ3n) is 2.49. The third kappa shape index (κ3) is 3.49. The molecule has 0 radical (unpaired) electrons. The molecule has 0 bridgehead atoms. The fourth-order valence-corrected chi connectivity index (χ4v) is 4.21. The Morgan fingerprint density at radius 3 is 2.44 bits per heavy atom. The quantitative estimate of drug-likeness (QED) is 0.777. The van der Waals surface area contributed by atoms with Crippen LogP contribution in [0.25, 0.3) is 0 Å². The first-order valence-electron chi connectivity index (χ1n) is 5.44. The average molecular weight is 240 g/mol. The van der Waals surface area contributed by atoms with Crippen LogP contribution in [0.3, 0.4) is 0 Å². The summed E-state index contributed by atoms with van der Waals surface area (Å²) in [7, 11) is -2.74. The van der Waals surface area contributed by atoms with Gasteiger partial charge in [-0.15, -0.1) is 0 Å². The maximum atomic E-state index is 12.6. The highest BCUT2D eigenvalue weighted by Crippen LogP contribution is 2.44. The Morgan fingerprint density at radius 1 is 1.31 bits per heavy atom. The molecule has 0 saturated heterocycles. The van der Waals surface area contributed by atoms with Crippen LogP contribution < -0.4 is 5.30 Å². The normalized spacial score (nSPS) is 14.3. The van der Waals surface area contributed by atoms with Gasteiger partial charge in [0.1, 0.15) is 13.3 Å². The van der Waals surface area contributed by atoms with Crippen LogP contribution in [0.15, 0.2) is 30.3 Å². The van der Waals surface area contributed by atoms with Gasteiger partial charge < -0.3 is 9.67 Å². The minimum Gasteiger partial charge on any atom is -0.481 e. The standard InChI is InChI=1S/C12H17O3P/c1-2-3-9-16(15,10-12(13)14)11-7-5-4-6-8-11/h4-8H,2-3,9-10H2,1H3,(H,13,14)/t16-/m1/s1. The fraction of sp³-hybridized carbons (Fsp3) is 0.417. The molecule has 0 aliphatic heterocycles. The van der Waals surface area contributed by atoms with Crippen molar-refractivity contribution < 1.29 is 14.5 Å². The Hall–Kier alpha value is -1.08. The number of benzene rings is 1. The molecule has 0 heterocycles. The molecule has 0 unspecified atom stereocenters. The topological polar surface area (TPSA) is 54.4 Å². The van der Waals surface area contributed by atoms with Gasteiger partial charge in [-0.2, -0.15) is 0 Å². The Kier molecular flexibility index (Phi) is 4.75. The van der Waals surface area contributed by atoms with Crippen molar-refractivity contribution in [1.82, 2.24) is 0 Å². The minimum atomic E-state index is -2.74. The van der Waals surface area contributed by atoms with E-state index in [0.29, 0.717) is 11.5 Å². The zero-order valence-electron chi connectivity index (χ0n) is 9.43. The van der Waals surface area contributed by atoms with Crippen LogP contribution in [0.1, 0.15) is 19.8 Å². The highest BCUT2D eigenvalue weighted by atomic mass is 31.2. The highest BCUT2D eigenvalue weighted by molar-refractivity contribution is 7.72. The predicted molar refractivity (Wildman–Crippen MR) is 66.0 cm³/mol. The molecule has 1 rings (SSSR count). The van der Waals surface area contributed by atoms with Crippen LogP contribution in [-0.2, 0) is 9.36 Å². The van der Waals surface area contributed by atoms with Gasteiger partial charge >= 0.3 is 5.97 Å². The molecule has 1 N–H and O–H groups in total. The van der Waals surface area contributed by atoms with E-state index in [2.05, 4.69) is 0 Å². The Labute approximate surface area is 95.9 Å². The van der Waals surface area contributed by atoms with Crippen LogP contribution in [-0.4, -0.2) is 23.4 Å². The fourth-order valence-electron chi connectivity index (χ4n) is 1.63. The summed E-state index contributed by atoms with van der Waals surface area (Å²) in [6, 6.07) is 8.97. The first kappa shape index (κ1) is 13.0. The molecule has 0 saturated carbocycles. The van der Waals surface area contributed by atoms with Crippen molar-refractivity contribution in [2.75, 3.05) is 12.3 Å². The first-order chi connectivity index (χ1) is 7.58. The summed E-state index contributed by atoms with van der Waals surface area (Å²) in [6.45, 7) is 2.01. The second kappa shape index (κ2) is 5.86. The zero-order chi connectivity index (χ0) is 12.0. The lowest BCUT2D eigenvalue weighted by Crippen LogP contribution is -2.15. The molecular weight excluding hydrogens is 223 g/mol. The summed E-state index contributed by atoms with van der Waals surface area (Å²) < 4.78 is 12.6. The third-order valence-corrected chi connectivity index (χ3v) is 5.55. The van der Waals surface area contributed by atoms with Crippen molar-refractivity contribution in [2.24, 2.45) is 0 Å². The molecule has 1 aromatic carbocycles. The molecule has 0 aromatic heterocycles. The van der Waals surface area contributed by atoms with Crippen molar-refractivity contribution in [3.8, 4) is 0 Å². The lowest BCUT2D eigenvalue weighted by Gasteiger charge is -2.16. The van der Waals surface area contributed by atoms with Gasteiger partial charge in [-0.3, -0.25) is 4.79 Å². The number of aliphatic carboxylic acids is 1.